The van der Waals surface area contributed by atoms with E-state index in [2.05, 4.69) is 0 Å². The third-order valence-electron chi connectivity index (χ3n) is 2.38. The van der Waals surface area contributed by atoms with Crippen molar-refractivity contribution in [3.63, 3.8) is 0 Å². The van der Waals surface area contributed by atoms with Gasteiger partial charge in [-0.25, -0.2) is 14.5 Å². The molecule has 0 fully saturated rings. The van der Waals surface area contributed by atoms with E-state index in [4.69, 9.17) is 4.18 Å². The fourth-order valence-corrected chi connectivity index (χ4v) is 2.40. The highest BCUT2D eigenvalue weighted by Crippen LogP contribution is 2.21. The SMILES string of the molecule is O=[N+]([O-])Nc1ccc(OS(=O)(=O)c2ccc(F)cc2)cc1. The van der Waals surface area contributed by atoms with Gasteiger partial charge in [-0.05, 0) is 48.5 Å². The number of nitro groups is 1. The van der Waals surface area contributed by atoms with Crippen LogP contribution in [-0.4, -0.2) is 13.5 Å². The largest absolute Gasteiger partial charge is 0.379 e. The number of benzene rings is 2. The third kappa shape index (κ3) is 3.89. The summed E-state index contributed by atoms with van der Waals surface area (Å²) in [5.41, 5.74) is 2.08. The Balaban J connectivity index is 2.16. The molecule has 7 nitrogen and oxygen atoms in total. The van der Waals surface area contributed by atoms with E-state index in [0.717, 1.165) is 24.3 Å². The number of hydrogen-bond acceptors (Lipinski definition) is 5. The minimum Gasteiger partial charge on any atom is -0.379 e. The van der Waals surface area contributed by atoms with Crippen molar-refractivity contribution in [2.75, 3.05) is 5.43 Å². The number of nitrogens with one attached hydrogen (secondary N) is 1. The lowest BCUT2D eigenvalue weighted by Crippen LogP contribution is -2.10. The second-order valence-electron chi connectivity index (χ2n) is 3.88. The van der Waals surface area contributed by atoms with Gasteiger partial charge in [0.2, 0.25) is 0 Å². The number of nitrogens with zero attached hydrogens (tertiary/aromatic N) is 1. The van der Waals surface area contributed by atoms with Crippen LogP contribution in [0.15, 0.2) is 53.4 Å². The lowest BCUT2D eigenvalue weighted by molar-refractivity contribution is -0.445. The first-order chi connectivity index (χ1) is 9.87. The fraction of sp³-hybridized carbons (Fsp3) is 0. The molecule has 2 aromatic rings. The van der Waals surface area contributed by atoms with Crippen molar-refractivity contribution in [3.05, 3.63) is 64.5 Å². The average molecular weight is 312 g/mol. The van der Waals surface area contributed by atoms with Crippen molar-refractivity contribution in [2.45, 2.75) is 4.90 Å². The molecule has 9 heteroatoms. The Labute approximate surface area is 119 Å². The van der Waals surface area contributed by atoms with Crippen LogP contribution in [0.5, 0.6) is 5.75 Å². The Morgan fingerprint density at radius 3 is 2.14 bits per heavy atom. The molecule has 0 radical (unpaired) electrons. The molecule has 0 aliphatic rings. The van der Waals surface area contributed by atoms with Gasteiger partial charge >= 0.3 is 10.1 Å². The summed E-state index contributed by atoms with van der Waals surface area (Å²) in [6.45, 7) is 0. The molecular weight excluding hydrogens is 303 g/mol. The smallest absolute Gasteiger partial charge is 0.339 e. The first kappa shape index (κ1) is 14.7. The Bertz CT molecular complexity index is 744. The topological polar surface area (TPSA) is 98.5 Å². The Kier molecular flexibility index (Phi) is 4.03. The van der Waals surface area contributed by atoms with Crippen molar-refractivity contribution < 1.29 is 22.0 Å². The molecule has 21 heavy (non-hydrogen) atoms. The number of halogens is 1. The van der Waals surface area contributed by atoms with Gasteiger partial charge in [-0.15, -0.1) is 5.43 Å². The van der Waals surface area contributed by atoms with E-state index in [1.165, 1.54) is 24.3 Å². The molecule has 110 valence electrons. The van der Waals surface area contributed by atoms with Crippen LogP contribution in [-0.2, 0) is 10.1 Å². The van der Waals surface area contributed by atoms with Gasteiger partial charge in [-0.2, -0.15) is 8.42 Å². The van der Waals surface area contributed by atoms with Crippen LogP contribution in [0.1, 0.15) is 0 Å². The Morgan fingerprint density at radius 2 is 1.62 bits per heavy atom. The highest BCUT2D eigenvalue weighted by molar-refractivity contribution is 7.87. The van der Waals surface area contributed by atoms with E-state index in [1.54, 1.807) is 0 Å². The summed E-state index contributed by atoms with van der Waals surface area (Å²) >= 11 is 0. The molecule has 0 heterocycles. The molecule has 0 atom stereocenters. The van der Waals surface area contributed by atoms with Crippen LogP contribution in [0.3, 0.4) is 0 Å². The summed E-state index contributed by atoms with van der Waals surface area (Å²) in [4.78, 5) is 10.0. The van der Waals surface area contributed by atoms with Crippen molar-refractivity contribution in [3.8, 4) is 5.75 Å². The molecule has 0 aliphatic heterocycles. The van der Waals surface area contributed by atoms with Crippen LogP contribution in [0, 0.1) is 15.9 Å². The zero-order chi connectivity index (χ0) is 15.5. The zero-order valence-electron chi connectivity index (χ0n) is 10.4. The molecule has 2 aromatic carbocycles. The summed E-state index contributed by atoms with van der Waals surface area (Å²) < 4.78 is 41.4. The van der Waals surface area contributed by atoms with Gasteiger partial charge in [0, 0.05) is 0 Å². The van der Waals surface area contributed by atoms with Crippen molar-refractivity contribution >= 4 is 15.8 Å². The Morgan fingerprint density at radius 1 is 1.05 bits per heavy atom. The van der Waals surface area contributed by atoms with E-state index < -0.39 is 21.0 Å². The summed E-state index contributed by atoms with van der Waals surface area (Å²) in [5, 5.41) is 9.49. The molecule has 0 unspecified atom stereocenters. The molecule has 2 rings (SSSR count). The maximum atomic E-state index is 12.8. The molecule has 0 aliphatic carbocycles. The number of hydrazine groups is 1. The highest BCUT2D eigenvalue weighted by Gasteiger charge is 2.16. The maximum absolute atomic E-state index is 12.8. The van der Waals surface area contributed by atoms with Gasteiger partial charge in [0.15, 0.2) is 5.03 Å². The lowest BCUT2D eigenvalue weighted by Gasteiger charge is -2.07. The van der Waals surface area contributed by atoms with Gasteiger partial charge in [0.05, 0.1) is 0 Å². The molecule has 1 N–H and O–H groups in total. The normalized spacial score (nSPS) is 10.9. The van der Waals surface area contributed by atoms with Crippen molar-refractivity contribution in [1.82, 2.24) is 0 Å². The van der Waals surface area contributed by atoms with Crippen LogP contribution in [0.2, 0.25) is 0 Å². The second kappa shape index (κ2) is 5.75. The molecule has 0 saturated carbocycles. The summed E-state index contributed by atoms with van der Waals surface area (Å²) in [5.74, 6) is -0.586. The van der Waals surface area contributed by atoms with Crippen LogP contribution < -0.4 is 9.61 Å². The van der Waals surface area contributed by atoms with Gasteiger partial charge in [-0.3, -0.25) is 0 Å². The maximum Gasteiger partial charge on any atom is 0.339 e. The monoisotopic (exact) mass is 312 g/mol. The summed E-state index contributed by atoms with van der Waals surface area (Å²) in [6, 6.07) is 9.25. The molecule has 0 spiro atoms. The second-order valence-corrected chi connectivity index (χ2v) is 5.43. The highest BCUT2D eigenvalue weighted by atomic mass is 32.2. The number of hydrogen-bond donors (Lipinski definition) is 1. The van der Waals surface area contributed by atoms with Crippen LogP contribution in [0.4, 0.5) is 10.1 Å². The number of rotatable bonds is 5. The standard InChI is InChI=1S/C12H9FN2O5S/c13-9-1-7-12(8-2-9)21(18,19)20-11-5-3-10(4-6-11)14-15(16)17/h1-8,14H. The number of anilines is 1. The summed E-state index contributed by atoms with van der Waals surface area (Å²) in [6.07, 6.45) is 0. The lowest BCUT2D eigenvalue weighted by atomic mass is 10.3. The fourth-order valence-electron chi connectivity index (χ4n) is 1.47. The first-order valence-electron chi connectivity index (χ1n) is 5.58. The molecular formula is C12H9FN2O5S. The van der Waals surface area contributed by atoms with E-state index >= 15 is 0 Å². The van der Waals surface area contributed by atoms with E-state index in [-0.39, 0.29) is 16.3 Å². The summed E-state index contributed by atoms with van der Waals surface area (Å²) in [7, 11) is -4.09. The zero-order valence-corrected chi connectivity index (χ0v) is 11.2. The van der Waals surface area contributed by atoms with Crippen LogP contribution >= 0.6 is 0 Å². The predicted octanol–water partition coefficient (Wildman–Crippen LogP) is 2.20. The van der Waals surface area contributed by atoms with Gasteiger partial charge in [-0.1, -0.05) is 0 Å². The van der Waals surface area contributed by atoms with Gasteiger partial charge in [0.25, 0.3) is 0 Å². The Hall–Kier alpha value is -2.68. The van der Waals surface area contributed by atoms with Gasteiger partial charge in [0.1, 0.15) is 22.1 Å². The minimum atomic E-state index is -4.09. The molecule has 0 bridgehead atoms. The van der Waals surface area contributed by atoms with Gasteiger partial charge < -0.3 is 4.18 Å². The van der Waals surface area contributed by atoms with Crippen LogP contribution in [0.25, 0.3) is 0 Å². The van der Waals surface area contributed by atoms with E-state index in [0.29, 0.717) is 0 Å². The quantitative estimate of drug-likeness (QED) is 0.516. The molecule has 0 aromatic heterocycles. The van der Waals surface area contributed by atoms with Crippen molar-refractivity contribution in [1.29, 1.82) is 0 Å². The molecule has 0 saturated heterocycles. The van der Waals surface area contributed by atoms with E-state index in [1.807, 2.05) is 5.43 Å². The molecule has 0 amide bonds. The minimum absolute atomic E-state index is 0.0202. The predicted molar refractivity (Wildman–Crippen MR) is 71.3 cm³/mol. The first-order valence-corrected chi connectivity index (χ1v) is 6.99. The average Bonchev–Trinajstić information content (AvgIpc) is 2.40. The van der Waals surface area contributed by atoms with E-state index in [9.17, 15) is 22.9 Å². The third-order valence-corrected chi connectivity index (χ3v) is 3.64. The van der Waals surface area contributed by atoms with Crippen molar-refractivity contribution in [2.24, 2.45) is 0 Å².